The number of benzene rings is 1. The van der Waals surface area contributed by atoms with Gasteiger partial charge < -0.3 is 16.0 Å². The molecule has 3 N–H and O–H groups in total. The van der Waals surface area contributed by atoms with E-state index in [1.807, 2.05) is 17.0 Å². The van der Waals surface area contributed by atoms with Crippen molar-refractivity contribution in [3.8, 4) is 0 Å². The highest BCUT2D eigenvalue weighted by atomic mass is 16.2. The van der Waals surface area contributed by atoms with Crippen molar-refractivity contribution in [2.24, 2.45) is 10.9 Å². The number of aliphatic imine (C=N–C) groups is 1. The van der Waals surface area contributed by atoms with Crippen molar-refractivity contribution in [1.82, 2.24) is 20.0 Å². The van der Waals surface area contributed by atoms with Crippen LogP contribution in [0.2, 0.25) is 0 Å². The van der Waals surface area contributed by atoms with E-state index in [1.54, 1.807) is 0 Å². The summed E-state index contributed by atoms with van der Waals surface area (Å²) in [6.07, 6.45) is 0.911. The zero-order chi connectivity index (χ0) is 18.4. The minimum absolute atomic E-state index is 0.163. The van der Waals surface area contributed by atoms with Gasteiger partial charge in [0.2, 0.25) is 5.96 Å². The highest BCUT2D eigenvalue weighted by molar-refractivity contribution is 6.10. The minimum Gasteiger partial charge on any atom is -0.399 e. The van der Waals surface area contributed by atoms with Crippen LogP contribution in [0.4, 0.5) is 5.69 Å². The number of nitrogen functional groups attached to an aromatic ring is 1. The molecular weight excluding hydrogens is 340 g/mol. The topological polar surface area (TPSA) is 77.2 Å². The van der Waals surface area contributed by atoms with Gasteiger partial charge in [0, 0.05) is 69.5 Å². The van der Waals surface area contributed by atoms with Gasteiger partial charge in [-0.25, -0.2) is 0 Å². The highest BCUT2D eigenvalue weighted by Crippen LogP contribution is 2.32. The normalized spacial score (nSPS) is 23.3. The molecule has 0 spiro atoms. The minimum atomic E-state index is 0.163. The number of hydrogen-bond donors (Lipinski definition) is 2. The van der Waals surface area contributed by atoms with Crippen molar-refractivity contribution < 1.29 is 4.79 Å². The van der Waals surface area contributed by atoms with Crippen LogP contribution < -0.4 is 11.1 Å². The van der Waals surface area contributed by atoms with Gasteiger partial charge in [-0.05, 0) is 17.7 Å². The molecule has 0 aliphatic carbocycles. The Morgan fingerprint density at radius 2 is 2.00 bits per heavy atom. The molecule has 27 heavy (non-hydrogen) atoms. The first-order chi connectivity index (χ1) is 13.2. The largest absolute Gasteiger partial charge is 0.399 e. The number of fused-ring (bicyclic) bond motifs is 2. The maximum atomic E-state index is 13.3. The molecule has 0 unspecified atom stereocenters. The van der Waals surface area contributed by atoms with Crippen LogP contribution in [0.1, 0.15) is 12.0 Å². The van der Waals surface area contributed by atoms with Crippen LogP contribution in [-0.4, -0.2) is 72.4 Å². The Bertz CT molecular complexity index is 810. The third-order valence-electron chi connectivity index (χ3n) is 5.98. The fraction of sp³-hybridized carbons (Fsp3) is 0.500. The first-order valence-corrected chi connectivity index (χ1v) is 9.82. The Kier molecular flexibility index (Phi) is 4.13. The van der Waals surface area contributed by atoms with E-state index in [0.717, 1.165) is 69.5 Å². The van der Waals surface area contributed by atoms with Gasteiger partial charge in [-0.3, -0.25) is 19.6 Å². The van der Waals surface area contributed by atoms with E-state index < -0.39 is 0 Å². The Balaban J connectivity index is 1.37. The smallest absolute Gasteiger partial charge is 0.259 e. The second kappa shape index (κ2) is 6.65. The average molecular weight is 366 g/mol. The van der Waals surface area contributed by atoms with Crippen molar-refractivity contribution in [2.45, 2.75) is 13.0 Å². The number of nitrogens with one attached hydrogen (secondary N) is 1. The van der Waals surface area contributed by atoms with E-state index in [2.05, 4.69) is 32.2 Å². The molecule has 4 aliphatic heterocycles. The van der Waals surface area contributed by atoms with Crippen LogP contribution in [0.5, 0.6) is 0 Å². The molecule has 4 aliphatic rings. The number of anilines is 1. The van der Waals surface area contributed by atoms with Gasteiger partial charge in [-0.2, -0.15) is 0 Å². The zero-order valence-corrected chi connectivity index (χ0v) is 15.5. The third kappa shape index (κ3) is 3.00. The Morgan fingerprint density at radius 3 is 2.74 bits per heavy atom. The summed E-state index contributed by atoms with van der Waals surface area (Å²) >= 11 is 0. The molecule has 1 aromatic carbocycles. The molecule has 0 atom stereocenters. The van der Waals surface area contributed by atoms with Crippen molar-refractivity contribution in [3.05, 3.63) is 41.1 Å². The van der Waals surface area contributed by atoms with Crippen LogP contribution in [0.15, 0.2) is 40.5 Å². The zero-order valence-electron chi connectivity index (χ0n) is 15.5. The van der Waals surface area contributed by atoms with E-state index in [0.29, 0.717) is 12.5 Å². The molecule has 1 amide bonds. The van der Waals surface area contributed by atoms with E-state index in [-0.39, 0.29) is 5.91 Å². The number of carbonyl (C=O) groups is 1. The van der Waals surface area contributed by atoms with Crippen LogP contribution >= 0.6 is 0 Å². The second-order valence-corrected chi connectivity index (χ2v) is 7.90. The summed E-state index contributed by atoms with van der Waals surface area (Å²) in [5.41, 5.74) is 9.98. The molecule has 5 rings (SSSR count). The number of hydrogen-bond acceptors (Lipinski definition) is 6. The Morgan fingerprint density at radius 1 is 1.19 bits per heavy atom. The SMILES string of the molecule is Nc1ccc(CN2CCC3=C(C2)C(=O)N(CC2CNC2)C2=NCCN23)cc1. The van der Waals surface area contributed by atoms with E-state index in [1.165, 1.54) is 11.3 Å². The molecule has 1 saturated heterocycles. The molecule has 0 saturated carbocycles. The standard InChI is InChI=1S/C20H26N6O/c21-16-3-1-14(2-4-16)11-24-7-5-18-17(13-24)19(27)26(12-15-9-22-10-15)20-23-6-8-25(18)20/h1-4,15,22H,5-13,21H2. The number of nitrogens with two attached hydrogens (primary N) is 1. The lowest BCUT2D eigenvalue weighted by Crippen LogP contribution is -2.58. The van der Waals surface area contributed by atoms with Crippen LogP contribution in [0, 0.1) is 5.92 Å². The monoisotopic (exact) mass is 366 g/mol. The van der Waals surface area contributed by atoms with E-state index >= 15 is 0 Å². The summed E-state index contributed by atoms with van der Waals surface area (Å²) in [4.78, 5) is 24.6. The maximum absolute atomic E-state index is 13.3. The molecule has 7 heteroatoms. The van der Waals surface area contributed by atoms with Crippen molar-refractivity contribution in [3.63, 3.8) is 0 Å². The van der Waals surface area contributed by atoms with Gasteiger partial charge in [0.15, 0.2) is 0 Å². The van der Waals surface area contributed by atoms with Gasteiger partial charge in [0.1, 0.15) is 0 Å². The molecular formula is C20H26N6O. The number of rotatable bonds is 4. The molecule has 1 aromatic rings. The number of amides is 1. The number of carbonyl (C=O) groups excluding carboxylic acids is 1. The summed E-state index contributed by atoms with van der Waals surface area (Å²) in [5.74, 6) is 1.59. The maximum Gasteiger partial charge on any atom is 0.259 e. The second-order valence-electron chi connectivity index (χ2n) is 7.90. The predicted octanol–water partition coefficient (Wildman–Crippen LogP) is 0.462. The summed E-state index contributed by atoms with van der Waals surface area (Å²) in [7, 11) is 0. The van der Waals surface area contributed by atoms with Gasteiger partial charge in [-0.1, -0.05) is 12.1 Å². The predicted molar refractivity (Wildman–Crippen MR) is 105 cm³/mol. The van der Waals surface area contributed by atoms with Gasteiger partial charge in [-0.15, -0.1) is 0 Å². The summed E-state index contributed by atoms with van der Waals surface area (Å²) < 4.78 is 0. The first-order valence-electron chi connectivity index (χ1n) is 9.82. The first kappa shape index (κ1) is 16.8. The van der Waals surface area contributed by atoms with Gasteiger partial charge in [0.05, 0.1) is 12.1 Å². The van der Waals surface area contributed by atoms with Gasteiger partial charge >= 0.3 is 0 Å². The summed E-state index contributed by atoms with van der Waals surface area (Å²) in [5, 5.41) is 3.30. The lowest BCUT2D eigenvalue weighted by atomic mass is 9.98. The van der Waals surface area contributed by atoms with Crippen LogP contribution in [0.3, 0.4) is 0 Å². The van der Waals surface area contributed by atoms with E-state index in [4.69, 9.17) is 5.73 Å². The molecule has 0 radical (unpaired) electrons. The van der Waals surface area contributed by atoms with Crippen molar-refractivity contribution >= 4 is 17.6 Å². The molecule has 142 valence electrons. The molecule has 7 nitrogen and oxygen atoms in total. The number of guanidine groups is 1. The molecule has 1 fully saturated rings. The molecule has 0 bridgehead atoms. The fourth-order valence-corrected chi connectivity index (χ4v) is 4.39. The summed E-state index contributed by atoms with van der Waals surface area (Å²) in [6, 6.07) is 8.03. The summed E-state index contributed by atoms with van der Waals surface area (Å²) in [6.45, 7) is 6.97. The van der Waals surface area contributed by atoms with Gasteiger partial charge in [0.25, 0.3) is 5.91 Å². The van der Waals surface area contributed by atoms with Crippen molar-refractivity contribution in [1.29, 1.82) is 0 Å². The van der Waals surface area contributed by atoms with E-state index in [9.17, 15) is 4.79 Å². The Labute approximate surface area is 159 Å². The highest BCUT2D eigenvalue weighted by Gasteiger charge is 2.42. The van der Waals surface area contributed by atoms with Crippen LogP contribution in [-0.2, 0) is 11.3 Å². The van der Waals surface area contributed by atoms with Crippen molar-refractivity contribution in [2.75, 3.05) is 51.5 Å². The fourth-order valence-electron chi connectivity index (χ4n) is 4.39. The average Bonchev–Trinajstić information content (AvgIpc) is 3.12. The quantitative estimate of drug-likeness (QED) is 0.757. The lowest BCUT2D eigenvalue weighted by molar-refractivity contribution is -0.125. The Hall–Kier alpha value is -2.38. The lowest BCUT2D eigenvalue weighted by Gasteiger charge is -2.43. The molecule has 4 heterocycles. The number of nitrogens with zero attached hydrogens (tertiary/aromatic N) is 4. The van der Waals surface area contributed by atoms with Crippen LogP contribution in [0.25, 0.3) is 0 Å². The molecule has 0 aromatic heterocycles. The third-order valence-corrected chi connectivity index (χ3v) is 5.98.